The monoisotopic (exact) mass is 253 g/mol. The lowest BCUT2D eigenvalue weighted by atomic mass is 10.3. The summed E-state index contributed by atoms with van der Waals surface area (Å²) in [6, 6.07) is 0. The number of rotatable bonds is 5. The van der Waals surface area contributed by atoms with Crippen molar-refractivity contribution >= 4 is 16.3 Å². The molecule has 0 amide bonds. The van der Waals surface area contributed by atoms with E-state index < -0.39 is 0 Å². The second-order valence-electron chi connectivity index (χ2n) is 4.45. The zero-order chi connectivity index (χ0) is 12.4. The summed E-state index contributed by atoms with van der Waals surface area (Å²) in [4.78, 5) is 6.88. The van der Waals surface area contributed by atoms with Gasteiger partial charge in [-0.05, 0) is 33.7 Å². The molecule has 0 saturated heterocycles. The molecule has 2 aromatic rings. The van der Waals surface area contributed by atoms with Gasteiger partial charge in [-0.3, -0.25) is 4.40 Å². The second kappa shape index (κ2) is 5.16. The fraction of sp³-hybridized carbons (Fsp3) is 0.583. The Morgan fingerprint density at radius 2 is 2.29 bits per heavy atom. The molecule has 2 heterocycles. The molecule has 5 heteroatoms. The number of nitrogens with zero attached hydrogens (tertiary/aromatic N) is 2. The molecule has 2 aromatic heterocycles. The lowest BCUT2D eigenvalue weighted by Gasteiger charge is -2.06. The van der Waals surface area contributed by atoms with Crippen molar-refractivity contribution in [1.29, 1.82) is 0 Å². The molecular weight excluding hydrogens is 234 g/mol. The zero-order valence-electron chi connectivity index (χ0n) is 10.5. The first-order valence-corrected chi connectivity index (χ1v) is 6.72. The van der Waals surface area contributed by atoms with E-state index in [2.05, 4.69) is 27.8 Å². The predicted molar refractivity (Wildman–Crippen MR) is 70.5 cm³/mol. The second-order valence-corrected chi connectivity index (χ2v) is 5.67. The number of aliphatic hydroxyl groups excluding tert-OH is 1. The van der Waals surface area contributed by atoms with Gasteiger partial charge in [0.25, 0.3) is 0 Å². The first-order chi connectivity index (χ1) is 8.08. The summed E-state index contributed by atoms with van der Waals surface area (Å²) in [5.74, 6) is 0. The number of hydrogen-bond donors (Lipinski definition) is 2. The number of aryl methyl sites for hydroxylation is 2. The Bertz CT molecular complexity index is 501. The highest BCUT2D eigenvalue weighted by Crippen LogP contribution is 2.20. The van der Waals surface area contributed by atoms with Crippen molar-refractivity contribution in [2.45, 2.75) is 39.8 Å². The quantitative estimate of drug-likeness (QED) is 0.800. The first kappa shape index (κ1) is 12.5. The van der Waals surface area contributed by atoms with Crippen molar-refractivity contribution in [3.63, 3.8) is 0 Å². The maximum atomic E-state index is 9.18. The van der Waals surface area contributed by atoms with E-state index in [0.717, 1.165) is 30.2 Å². The summed E-state index contributed by atoms with van der Waals surface area (Å²) in [6.07, 6.45) is 2.67. The Morgan fingerprint density at radius 1 is 1.53 bits per heavy atom. The molecule has 1 atom stereocenters. The normalized spacial score (nSPS) is 13.4. The van der Waals surface area contributed by atoms with Crippen molar-refractivity contribution in [2.75, 3.05) is 6.54 Å². The maximum absolute atomic E-state index is 9.18. The Morgan fingerprint density at radius 3 is 3.00 bits per heavy atom. The summed E-state index contributed by atoms with van der Waals surface area (Å²) in [6.45, 7) is 7.58. The lowest BCUT2D eigenvalue weighted by Crippen LogP contribution is -2.19. The molecule has 2 N–H and O–H groups in total. The standard InChI is InChI=1S/C12H19N3OS/c1-8(16)4-5-13-6-11-10(3)14-12-15(11)7-9(2)17-12/h7-8,13,16H,4-6H2,1-3H3. The summed E-state index contributed by atoms with van der Waals surface area (Å²) in [7, 11) is 0. The average Bonchev–Trinajstić information content (AvgIpc) is 2.69. The van der Waals surface area contributed by atoms with Gasteiger partial charge in [0.05, 0.1) is 17.5 Å². The zero-order valence-corrected chi connectivity index (χ0v) is 11.3. The van der Waals surface area contributed by atoms with Gasteiger partial charge in [-0.25, -0.2) is 4.98 Å². The molecule has 17 heavy (non-hydrogen) atoms. The number of fused-ring (bicyclic) bond motifs is 1. The van der Waals surface area contributed by atoms with Gasteiger partial charge >= 0.3 is 0 Å². The number of imidazole rings is 1. The maximum Gasteiger partial charge on any atom is 0.194 e. The number of hydrogen-bond acceptors (Lipinski definition) is 4. The number of aliphatic hydroxyl groups is 1. The summed E-state index contributed by atoms with van der Waals surface area (Å²) >= 11 is 1.72. The molecule has 94 valence electrons. The van der Waals surface area contributed by atoms with E-state index in [9.17, 15) is 5.11 Å². The van der Waals surface area contributed by atoms with Gasteiger partial charge < -0.3 is 10.4 Å². The number of nitrogens with one attached hydrogen (secondary N) is 1. The Kier molecular flexibility index (Phi) is 3.81. The van der Waals surface area contributed by atoms with Crippen molar-refractivity contribution in [1.82, 2.24) is 14.7 Å². The van der Waals surface area contributed by atoms with E-state index in [1.165, 1.54) is 10.6 Å². The highest BCUT2D eigenvalue weighted by molar-refractivity contribution is 7.17. The number of thiazole rings is 1. The SMILES string of the molecule is Cc1cn2c(CNCCC(C)O)c(C)nc2s1. The summed E-state index contributed by atoms with van der Waals surface area (Å²) < 4.78 is 2.16. The van der Waals surface area contributed by atoms with E-state index >= 15 is 0 Å². The topological polar surface area (TPSA) is 49.6 Å². The first-order valence-electron chi connectivity index (χ1n) is 5.90. The minimum atomic E-state index is -0.238. The summed E-state index contributed by atoms with van der Waals surface area (Å²) in [5.41, 5.74) is 2.30. The van der Waals surface area contributed by atoms with Crippen molar-refractivity contribution in [3.05, 3.63) is 22.5 Å². The van der Waals surface area contributed by atoms with Crippen molar-refractivity contribution in [2.24, 2.45) is 0 Å². The predicted octanol–water partition coefficient (Wildman–Crippen LogP) is 1.87. The van der Waals surface area contributed by atoms with E-state index in [1.54, 1.807) is 11.3 Å². The van der Waals surface area contributed by atoms with E-state index in [0.29, 0.717) is 0 Å². The number of aromatic nitrogens is 2. The van der Waals surface area contributed by atoms with Crippen LogP contribution < -0.4 is 5.32 Å². The molecule has 0 bridgehead atoms. The van der Waals surface area contributed by atoms with Crippen LogP contribution in [-0.4, -0.2) is 27.1 Å². The molecule has 0 aliphatic heterocycles. The smallest absolute Gasteiger partial charge is 0.194 e. The molecule has 0 fully saturated rings. The van der Waals surface area contributed by atoms with Crippen LogP contribution in [0.5, 0.6) is 0 Å². The van der Waals surface area contributed by atoms with Gasteiger partial charge in [0.15, 0.2) is 4.96 Å². The third-order valence-corrected chi connectivity index (χ3v) is 3.67. The van der Waals surface area contributed by atoms with Gasteiger partial charge in [-0.2, -0.15) is 0 Å². The molecule has 0 aliphatic carbocycles. The van der Waals surface area contributed by atoms with Gasteiger partial charge in [0.2, 0.25) is 0 Å². The molecule has 1 unspecified atom stereocenters. The molecule has 0 aliphatic rings. The third kappa shape index (κ3) is 2.86. The van der Waals surface area contributed by atoms with Crippen molar-refractivity contribution in [3.8, 4) is 0 Å². The molecule has 2 rings (SSSR count). The van der Waals surface area contributed by atoms with Crippen LogP contribution in [0.4, 0.5) is 0 Å². The highest BCUT2D eigenvalue weighted by atomic mass is 32.1. The van der Waals surface area contributed by atoms with Crippen LogP contribution in [0.1, 0.15) is 29.6 Å². The van der Waals surface area contributed by atoms with Crippen LogP contribution >= 0.6 is 11.3 Å². The third-order valence-electron chi connectivity index (χ3n) is 2.77. The minimum absolute atomic E-state index is 0.238. The van der Waals surface area contributed by atoms with Crippen molar-refractivity contribution < 1.29 is 5.11 Å². The van der Waals surface area contributed by atoms with Gasteiger partial charge in [-0.15, -0.1) is 11.3 Å². The lowest BCUT2D eigenvalue weighted by molar-refractivity contribution is 0.183. The minimum Gasteiger partial charge on any atom is -0.393 e. The van der Waals surface area contributed by atoms with Crippen LogP contribution in [0.2, 0.25) is 0 Å². The Balaban J connectivity index is 2.04. The van der Waals surface area contributed by atoms with E-state index in [-0.39, 0.29) is 6.10 Å². The van der Waals surface area contributed by atoms with Crippen LogP contribution in [0.15, 0.2) is 6.20 Å². The van der Waals surface area contributed by atoms with Crippen LogP contribution in [0, 0.1) is 13.8 Å². The molecule has 0 aromatic carbocycles. The van der Waals surface area contributed by atoms with Gasteiger partial charge in [0, 0.05) is 17.6 Å². The van der Waals surface area contributed by atoms with Gasteiger partial charge in [-0.1, -0.05) is 0 Å². The molecule has 4 nitrogen and oxygen atoms in total. The largest absolute Gasteiger partial charge is 0.393 e. The summed E-state index contributed by atoms with van der Waals surface area (Å²) in [5, 5.41) is 12.5. The van der Waals surface area contributed by atoms with Gasteiger partial charge in [0.1, 0.15) is 0 Å². The molecular formula is C12H19N3OS. The Hall–Kier alpha value is -0.910. The van der Waals surface area contributed by atoms with E-state index in [1.807, 2.05) is 13.8 Å². The Labute approximate surface area is 105 Å². The molecule has 0 radical (unpaired) electrons. The molecule has 0 spiro atoms. The molecule has 0 saturated carbocycles. The van der Waals surface area contributed by atoms with Crippen LogP contribution in [-0.2, 0) is 6.54 Å². The van der Waals surface area contributed by atoms with Crippen LogP contribution in [0.25, 0.3) is 4.96 Å². The highest BCUT2D eigenvalue weighted by Gasteiger charge is 2.10. The van der Waals surface area contributed by atoms with E-state index in [4.69, 9.17) is 0 Å². The van der Waals surface area contributed by atoms with Crippen LogP contribution in [0.3, 0.4) is 0 Å². The fourth-order valence-corrected chi connectivity index (χ4v) is 2.73. The average molecular weight is 253 g/mol. The fourth-order valence-electron chi connectivity index (χ4n) is 1.84.